The lowest BCUT2D eigenvalue weighted by Crippen LogP contribution is -2.46. The second kappa shape index (κ2) is 54.3. The van der Waals surface area contributed by atoms with Crippen molar-refractivity contribution in [3.05, 3.63) is 24.3 Å². The number of amides is 1. The summed E-state index contributed by atoms with van der Waals surface area (Å²) in [6, 6.07) is -0.702. The van der Waals surface area contributed by atoms with Crippen molar-refractivity contribution in [2.75, 3.05) is 6.61 Å². The molecule has 0 aliphatic heterocycles. The molecule has 3 atom stereocenters. The highest BCUT2D eigenvalue weighted by Crippen LogP contribution is 2.19. The van der Waals surface area contributed by atoms with Crippen LogP contribution in [0.2, 0.25) is 0 Å². The Morgan fingerprint density at radius 2 is 0.727 bits per heavy atom. The van der Waals surface area contributed by atoms with Crippen LogP contribution in [0.5, 0.6) is 0 Å². The van der Waals surface area contributed by atoms with Crippen LogP contribution in [0.3, 0.4) is 0 Å². The molecule has 0 saturated carbocycles. The molecule has 3 N–H and O–H groups in total. The van der Waals surface area contributed by atoms with Gasteiger partial charge in [-0.1, -0.05) is 257 Å². The van der Waals surface area contributed by atoms with E-state index >= 15 is 0 Å². The van der Waals surface area contributed by atoms with Gasteiger partial charge in [0.2, 0.25) is 5.91 Å². The molecule has 3 unspecified atom stereocenters. The van der Waals surface area contributed by atoms with Gasteiger partial charge in [-0.2, -0.15) is 0 Å². The fourth-order valence-electron chi connectivity index (χ4n) is 9.25. The number of esters is 1. The number of aliphatic hydroxyl groups excluding tert-OH is 2. The van der Waals surface area contributed by atoms with Crippen molar-refractivity contribution >= 4 is 11.9 Å². The molecule has 0 aliphatic carbocycles. The van der Waals surface area contributed by atoms with Gasteiger partial charge in [-0.25, -0.2) is 0 Å². The fourth-order valence-corrected chi connectivity index (χ4v) is 9.25. The molecule has 0 aromatic rings. The van der Waals surface area contributed by atoms with Gasteiger partial charge in [-0.15, -0.1) is 0 Å². The van der Waals surface area contributed by atoms with E-state index in [1.54, 1.807) is 0 Å². The molecular weight excluding hydrogens is 815 g/mol. The average Bonchev–Trinajstić information content (AvgIpc) is 3.31. The Kier molecular flexibility index (Phi) is 52.9. The molecule has 6 nitrogen and oxygen atoms in total. The predicted molar refractivity (Wildman–Crippen MR) is 287 cm³/mol. The minimum atomic E-state index is -0.788. The molecule has 0 rings (SSSR count). The lowest BCUT2D eigenvalue weighted by atomic mass is 10.0. The number of aliphatic hydroxyl groups is 2. The fraction of sp³-hybridized carbons (Fsp3) is 0.900. The van der Waals surface area contributed by atoms with Crippen LogP contribution in [-0.2, 0) is 14.3 Å². The van der Waals surface area contributed by atoms with Crippen molar-refractivity contribution in [1.29, 1.82) is 0 Å². The topological polar surface area (TPSA) is 95.9 Å². The van der Waals surface area contributed by atoms with E-state index in [0.29, 0.717) is 19.3 Å². The smallest absolute Gasteiger partial charge is 0.306 e. The molecule has 0 aromatic carbocycles. The van der Waals surface area contributed by atoms with Gasteiger partial charge in [-0.05, 0) is 77.0 Å². The number of allylic oxidation sites excluding steroid dienone is 4. The van der Waals surface area contributed by atoms with E-state index < -0.39 is 18.2 Å². The highest BCUT2D eigenvalue weighted by Gasteiger charge is 2.24. The molecule has 6 heteroatoms. The molecule has 0 fully saturated rings. The van der Waals surface area contributed by atoms with Gasteiger partial charge in [0.1, 0.15) is 6.10 Å². The van der Waals surface area contributed by atoms with Crippen LogP contribution in [0.25, 0.3) is 0 Å². The molecular formula is C60H115NO5. The van der Waals surface area contributed by atoms with Gasteiger partial charge in [0.15, 0.2) is 0 Å². The standard InChI is InChI=1S/C60H115NO5/c1-4-7-10-13-16-19-22-25-28-29-32-34-37-40-43-46-49-52-58(63)57(55-62)61-59(64)54-56(51-48-45-42-39-36-33-30-26-23-20-17-14-11-8-5-2)66-60(65)53-50-47-44-41-38-35-31-27-24-21-18-15-12-9-6-3/h21,24,26,30,56-58,62-63H,4-20,22-23,25,27-29,31-55H2,1-3H3,(H,61,64)/b24-21-,30-26+. The minimum absolute atomic E-state index is 0.0749. The number of carbonyl (C=O) groups is 2. The zero-order valence-electron chi connectivity index (χ0n) is 44.6. The Labute approximate surface area is 411 Å². The van der Waals surface area contributed by atoms with E-state index in [-0.39, 0.29) is 24.9 Å². The van der Waals surface area contributed by atoms with Crippen LogP contribution in [0.15, 0.2) is 24.3 Å². The van der Waals surface area contributed by atoms with Crippen molar-refractivity contribution in [2.24, 2.45) is 0 Å². The molecule has 66 heavy (non-hydrogen) atoms. The predicted octanol–water partition coefficient (Wildman–Crippen LogP) is 18.2. The maximum absolute atomic E-state index is 13.3. The highest BCUT2D eigenvalue weighted by molar-refractivity contribution is 5.77. The summed E-state index contributed by atoms with van der Waals surface area (Å²) in [6.07, 6.45) is 63.8. The van der Waals surface area contributed by atoms with E-state index in [1.807, 2.05) is 0 Å². The Bertz CT molecular complexity index is 1040. The number of ether oxygens (including phenoxy) is 1. The Hall–Kier alpha value is -1.66. The quantitative estimate of drug-likeness (QED) is 0.0321. The summed E-state index contributed by atoms with van der Waals surface area (Å²) in [4.78, 5) is 26.3. The van der Waals surface area contributed by atoms with E-state index in [1.165, 1.54) is 218 Å². The Morgan fingerprint density at radius 3 is 1.09 bits per heavy atom. The van der Waals surface area contributed by atoms with Crippen molar-refractivity contribution in [1.82, 2.24) is 5.32 Å². The first-order valence-electron chi connectivity index (χ1n) is 29.6. The molecule has 0 bridgehead atoms. The van der Waals surface area contributed by atoms with E-state index in [2.05, 4.69) is 50.4 Å². The van der Waals surface area contributed by atoms with Gasteiger partial charge < -0.3 is 20.3 Å². The number of rotatable bonds is 54. The van der Waals surface area contributed by atoms with Gasteiger partial charge in [-0.3, -0.25) is 9.59 Å². The van der Waals surface area contributed by atoms with Crippen LogP contribution in [0.4, 0.5) is 0 Å². The van der Waals surface area contributed by atoms with E-state index in [0.717, 1.165) is 57.8 Å². The largest absolute Gasteiger partial charge is 0.462 e. The molecule has 0 saturated heterocycles. The van der Waals surface area contributed by atoms with Crippen LogP contribution >= 0.6 is 0 Å². The minimum Gasteiger partial charge on any atom is -0.462 e. The Balaban J connectivity index is 4.51. The second-order valence-corrected chi connectivity index (χ2v) is 20.4. The number of carbonyl (C=O) groups excluding carboxylic acids is 2. The van der Waals surface area contributed by atoms with Gasteiger partial charge >= 0.3 is 5.97 Å². The first-order valence-corrected chi connectivity index (χ1v) is 29.6. The summed E-state index contributed by atoms with van der Waals surface area (Å²) in [5.74, 6) is -0.469. The summed E-state index contributed by atoms with van der Waals surface area (Å²) in [6.45, 7) is 6.51. The third kappa shape index (κ3) is 48.8. The molecule has 390 valence electrons. The van der Waals surface area contributed by atoms with Crippen LogP contribution in [-0.4, -0.2) is 46.9 Å². The lowest BCUT2D eigenvalue weighted by Gasteiger charge is -2.24. The third-order valence-electron chi connectivity index (χ3n) is 13.8. The molecule has 0 radical (unpaired) electrons. The summed E-state index contributed by atoms with van der Waals surface area (Å²) in [7, 11) is 0. The first kappa shape index (κ1) is 64.3. The molecule has 1 amide bonds. The number of hydrogen-bond donors (Lipinski definition) is 3. The molecule has 0 aromatic heterocycles. The molecule has 0 spiro atoms. The molecule has 0 heterocycles. The summed E-state index contributed by atoms with van der Waals surface area (Å²) >= 11 is 0. The van der Waals surface area contributed by atoms with Crippen LogP contribution in [0, 0.1) is 0 Å². The maximum Gasteiger partial charge on any atom is 0.306 e. The zero-order chi connectivity index (χ0) is 48.1. The van der Waals surface area contributed by atoms with Gasteiger partial charge in [0.25, 0.3) is 0 Å². The van der Waals surface area contributed by atoms with E-state index in [9.17, 15) is 19.8 Å². The van der Waals surface area contributed by atoms with Crippen molar-refractivity contribution in [2.45, 2.75) is 341 Å². The summed E-state index contributed by atoms with van der Waals surface area (Å²) in [5, 5.41) is 23.9. The van der Waals surface area contributed by atoms with Crippen LogP contribution < -0.4 is 5.32 Å². The number of hydrogen-bond acceptors (Lipinski definition) is 5. The first-order chi connectivity index (χ1) is 32.5. The van der Waals surface area contributed by atoms with E-state index in [4.69, 9.17) is 4.74 Å². The SMILES string of the molecule is CCCCCC/C=C\CCCCCCCCCC(=O)OC(CCCCCCC/C=C/CCCCCCCC)CC(=O)NC(CO)C(O)CCCCCCCCCCCCCCCCCCC. The van der Waals surface area contributed by atoms with Crippen molar-refractivity contribution in [3.8, 4) is 0 Å². The lowest BCUT2D eigenvalue weighted by molar-refractivity contribution is -0.151. The van der Waals surface area contributed by atoms with Gasteiger partial charge in [0, 0.05) is 6.42 Å². The highest BCUT2D eigenvalue weighted by atomic mass is 16.5. The normalized spacial score (nSPS) is 13.2. The zero-order valence-corrected chi connectivity index (χ0v) is 44.6. The average molecular weight is 931 g/mol. The van der Waals surface area contributed by atoms with Crippen molar-refractivity contribution < 1.29 is 24.5 Å². The molecule has 0 aliphatic rings. The monoisotopic (exact) mass is 930 g/mol. The summed E-state index contributed by atoms with van der Waals surface area (Å²) in [5.41, 5.74) is 0. The van der Waals surface area contributed by atoms with Gasteiger partial charge in [0.05, 0.1) is 25.2 Å². The van der Waals surface area contributed by atoms with Crippen LogP contribution in [0.1, 0.15) is 323 Å². The third-order valence-corrected chi connectivity index (χ3v) is 13.8. The maximum atomic E-state index is 13.3. The second-order valence-electron chi connectivity index (χ2n) is 20.4. The number of unbranched alkanes of at least 4 members (excludes halogenated alkanes) is 38. The summed E-state index contributed by atoms with van der Waals surface area (Å²) < 4.78 is 5.96. The van der Waals surface area contributed by atoms with Crippen molar-refractivity contribution in [3.63, 3.8) is 0 Å². The Morgan fingerprint density at radius 1 is 0.424 bits per heavy atom. The number of nitrogens with one attached hydrogen (secondary N) is 1.